The molecule has 0 bridgehead atoms. The number of hydrogen-bond donors (Lipinski definition) is 4. The monoisotopic (exact) mass is 426 g/mol. The number of aliphatic hydroxyl groups excluding tert-OH is 1. The molecule has 26 heavy (non-hydrogen) atoms. The molecule has 2 aromatic rings. The molecule has 2 atom stereocenters. The third-order valence-corrected chi connectivity index (χ3v) is 3.03. The highest BCUT2D eigenvalue weighted by Gasteiger charge is 2.16. The lowest BCUT2D eigenvalue weighted by atomic mass is 10.2. The number of carbonyl (C=O) groups is 2. The number of carboxylic acids is 2. The van der Waals surface area contributed by atoms with Crippen molar-refractivity contribution in [1.29, 1.82) is 0 Å². The second-order valence-electron chi connectivity index (χ2n) is 5.54. The average molecular weight is 427 g/mol. The summed E-state index contributed by atoms with van der Waals surface area (Å²) in [4.78, 5) is 20.4. The van der Waals surface area contributed by atoms with Gasteiger partial charge in [-0.25, -0.2) is 9.59 Å². The summed E-state index contributed by atoms with van der Waals surface area (Å²) in [5.74, 6) is -1.76. The summed E-state index contributed by atoms with van der Waals surface area (Å²) in [5.41, 5.74) is 0.662. The fourth-order valence-electron chi connectivity index (χ4n) is 1.70. The maximum atomic E-state index is 10.2. The zero-order valence-corrected chi connectivity index (χ0v) is 16.1. The van der Waals surface area contributed by atoms with Crippen LogP contribution in [0.25, 0.3) is 0 Å². The van der Waals surface area contributed by atoms with Gasteiger partial charge in [-0.2, -0.15) is 0 Å². The molecule has 0 aliphatic heterocycles. The van der Waals surface area contributed by atoms with E-state index in [9.17, 15) is 9.59 Å². The van der Waals surface area contributed by atoms with E-state index in [1.54, 1.807) is 74.5 Å². The van der Waals surface area contributed by atoms with Crippen LogP contribution in [0.2, 0.25) is 0 Å². The number of benzene rings is 2. The first-order chi connectivity index (χ1) is 12.0. The zero-order chi connectivity index (χ0) is 20.2. The molecule has 0 aliphatic rings. The number of aromatic carboxylic acids is 2. The minimum absolute atomic E-state index is 0.331. The number of carboxylic acid groups (broad SMARTS) is 2. The van der Waals surface area contributed by atoms with Gasteiger partial charge in [-0.3, -0.25) is 0 Å². The summed E-state index contributed by atoms with van der Waals surface area (Å²) >= 11 is 2.97. The van der Waals surface area contributed by atoms with Crippen LogP contribution in [-0.4, -0.2) is 43.0 Å². The fourth-order valence-corrected chi connectivity index (χ4v) is 2.17. The second-order valence-corrected chi connectivity index (χ2v) is 7.25. The van der Waals surface area contributed by atoms with Gasteiger partial charge in [0, 0.05) is 6.42 Å². The van der Waals surface area contributed by atoms with Gasteiger partial charge in [-0.05, 0) is 38.1 Å². The Bertz CT molecular complexity index is 601. The average Bonchev–Trinajstić information content (AvgIpc) is 2.55. The summed E-state index contributed by atoms with van der Waals surface area (Å²) in [6, 6.07) is 16.6. The lowest BCUT2D eigenvalue weighted by Gasteiger charge is -2.15. The largest absolute Gasteiger partial charge is 0.478 e. The first kappa shape index (κ1) is 23.8. The fraction of sp³-hybridized carbons (Fsp3) is 0.263. The highest BCUT2D eigenvalue weighted by Crippen LogP contribution is 2.18. The summed E-state index contributed by atoms with van der Waals surface area (Å²) in [6.45, 7) is 3.23. The molecule has 0 amide bonds. The molecule has 0 heterocycles. The molecule has 0 radical (unpaired) electrons. The van der Waals surface area contributed by atoms with Crippen LogP contribution in [0.15, 0.2) is 60.7 Å². The van der Waals surface area contributed by atoms with Crippen LogP contribution < -0.4 is 0 Å². The topological polar surface area (TPSA) is 115 Å². The van der Waals surface area contributed by atoms with Gasteiger partial charge in [0.15, 0.2) is 0 Å². The molecule has 0 saturated heterocycles. The predicted octanol–water partition coefficient (Wildman–Crippen LogP) is 3.63. The van der Waals surface area contributed by atoms with Gasteiger partial charge >= 0.3 is 11.9 Å². The minimum Gasteiger partial charge on any atom is -0.478 e. The Balaban J connectivity index is 0.000000362. The highest BCUT2D eigenvalue weighted by molar-refractivity contribution is 9.10. The Hall–Kier alpha value is -2.22. The van der Waals surface area contributed by atoms with Crippen molar-refractivity contribution in [3.8, 4) is 0 Å². The zero-order valence-electron chi connectivity index (χ0n) is 14.5. The van der Waals surface area contributed by atoms with E-state index < -0.39 is 22.6 Å². The molecular weight excluding hydrogens is 404 g/mol. The van der Waals surface area contributed by atoms with E-state index in [-0.39, 0.29) is 0 Å². The van der Waals surface area contributed by atoms with Gasteiger partial charge in [0.1, 0.15) is 4.51 Å². The van der Waals surface area contributed by atoms with E-state index in [0.29, 0.717) is 17.5 Å². The number of rotatable bonds is 4. The van der Waals surface area contributed by atoms with Crippen LogP contribution in [0.4, 0.5) is 0 Å². The van der Waals surface area contributed by atoms with Crippen LogP contribution in [0, 0.1) is 0 Å². The molecule has 0 aliphatic carbocycles. The first-order valence-electron chi connectivity index (χ1n) is 7.69. The molecule has 2 aromatic carbocycles. The van der Waals surface area contributed by atoms with E-state index in [0.717, 1.165) is 0 Å². The van der Waals surface area contributed by atoms with Crippen molar-refractivity contribution in [2.45, 2.75) is 30.9 Å². The lowest BCUT2D eigenvalue weighted by Crippen LogP contribution is -2.20. The van der Waals surface area contributed by atoms with Crippen LogP contribution in [0.3, 0.4) is 0 Å². The molecule has 2 rings (SSSR count). The molecule has 142 valence electrons. The van der Waals surface area contributed by atoms with Gasteiger partial charge < -0.3 is 20.4 Å². The molecule has 0 aromatic heterocycles. The summed E-state index contributed by atoms with van der Waals surface area (Å²) < 4.78 is -0.916. The van der Waals surface area contributed by atoms with Crippen molar-refractivity contribution in [3.05, 3.63) is 71.8 Å². The third kappa shape index (κ3) is 13.1. The summed E-state index contributed by atoms with van der Waals surface area (Å²) in [5, 5.41) is 34.4. The van der Waals surface area contributed by atoms with Crippen molar-refractivity contribution in [1.82, 2.24) is 0 Å². The molecule has 4 N–H and O–H groups in total. The molecule has 0 spiro atoms. The van der Waals surface area contributed by atoms with Crippen LogP contribution >= 0.6 is 15.9 Å². The van der Waals surface area contributed by atoms with E-state index in [4.69, 9.17) is 20.4 Å². The maximum absolute atomic E-state index is 10.2. The quantitative estimate of drug-likeness (QED) is 0.554. The Kier molecular flexibility index (Phi) is 11.1. The molecule has 0 fully saturated rings. The van der Waals surface area contributed by atoms with E-state index >= 15 is 0 Å². The number of alkyl halides is 1. The van der Waals surface area contributed by atoms with Gasteiger partial charge in [-0.1, -0.05) is 52.3 Å². The predicted molar refractivity (Wildman–Crippen MR) is 103 cm³/mol. The smallest absolute Gasteiger partial charge is 0.335 e. The van der Waals surface area contributed by atoms with Gasteiger partial charge in [-0.15, -0.1) is 0 Å². The second kappa shape index (κ2) is 12.2. The van der Waals surface area contributed by atoms with Gasteiger partial charge in [0.05, 0.1) is 17.2 Å². The Morgan fingerprint density at radius 3 is 1.35 bits per heavy atom. The lowest BCUT2D eigenvalue weighted by molar-refractivity contribution is 0.0686. The highest BCUT2D eigenvalue weighted by atomic mass is 79.9. The van der Waals surface area contributed by atoms with Crippen molar-refractivity contribution in [2.24, 2.45) is 0 Å². The van der Waals surface area contributed by atoms with Crippen molar-refractivity contribution in [3.63, 3.8) is 0 Å². The Labute approximate surface area is 160 Å². The van der Waals surface area contributed by atoms with Crippen LogP contribution in [-0.2, 0) is 0 Å². The molecule has 0 saturated carbocycles. The normalized spacial score (nSPS) is 13.0. The molecule has 2 unspecified atom stereocenters. The van der Waals surface area contributed by atoms with Crippen molar-refractivity contribution in [2.75, 3.05) is 0 Å². The maximum Gasteiger partial charge on any atom is 0.335 e. The summed E-state index contributed by atoms with van der Waals surface area (Å²) in [6.07, 6.45) is -0.100. The summed E-state index contributed by atoms with van der Waals surface area (Å²) in [7, 11) is 0. The molecule has 6 nitrogen and oxygen atoms in total. The van der Waals surface area contributed by atoms with Crippen molar-refractivity contribution >= 4 is 27.9 Å². The van der Waals surface area contributed by atoms with Crippen LogP contribution in [0.5, 0.6) is 0 Å². The van der Waals surface area contributed by atoms with Crippen molar-refractivity contribution < 1.29 is 30.0 Å². The minimum atomic E-state index is -0.916. The van der Waals surface area contributed by atoms with Gasteiger partial charge in [0.2, 0.25) is 0 Å². The first-order valence-corrected chi connectivity index (χ1v) is 8.48. The standard InChI is InChI=1S/2C7H6O2.C5H11BrO2/c2*8-7(9)6-4-2-1-3-5-6;1-4(7)3-5(2,6)8/h2*1-5H,(H,8,9);4,7-8H,3H2,1-2H3. The Morgan fingerprint density at radius 2 is 1.23 bits per heavy atom. The Morgan fingerprint density at radius 1 is 0.923 bits per heavy atom. The van der Waals surface area contributed by atoms with Crippen LogP contribution in [0.1, 0.15) is 41.0 Å². The SMILES string of the molecule is CC(O)CC(C)(O)Br.O=C(O)c1ccccc1.O=C(O)c1ccccc1. The van der Waals surface area contributed by atoms with Gasteiger partial charge in [0.25, 0.3) is 0 Å². The number of hydrogen-bond acceptors (Lipinski definition) is 4. The van der Waals surface area contributed by atoms with E-state index in [1.807, 2.05) is 0 Å². The molecule has 7 heteroatoms. The number of aliphatic hydroxyl groups is 2. The van der Waals surface area contributed by atoms with E-state index in [1.165, 1.54) is 0 Å². The molecular formula is C19H23BrO6. The number of halogens is 1. The third-order valence-electron chi connectivity index (χ3n) is 2.71. The van der Waals surface area contributed by atoms with E-state index in [2.05, 4.69) is 15.9 Å².